The minimum atomic E-state index is 0.487. The van der Waals surface area contributed by atoms with Crippen molar-refractivity contribution in [3.8, 4) is 6.01 Å². The minimum absolute atomic E-state index is 0.487. The number of aromatic amines is 1. The third-order valence-corrected chi connectivity index (χ3v) is 1.57. The number of hydrogen-bond acceptors (Lipinski definition) is 3. The minimum Gasteiger partial charge on any atom is -0.460 e. The molecular formula is C9H9N3O. The van der Waals surface area contributed by atoms with Crippen molar-refractivity contribution in [3.63, 3.8) is 0 Å². The number of aromatic nitrogens is 3. The number of ether oxygens (including phenoxy) is 1. The molecular weight excluding hydrogens is 166 g/mol. The standard InChI is InChI=1S/C9H9N3O/c1-2-8(6-10-3-1)7-13-9-11-4-5-12-9/h1-6H,7H2,(H,11,12). The smallest absolute Gasteiger partial charge is 0.293 e. The Labute approximate surface area is 75.6 Å². The highest BCUT2D eigenvalue weighted by molar-refractivity contribution is 5.08. The number of hydrogen-bond donors (Lipinski definition) is 1. The van der Waals surface area contributed by atoms with E-state index in [4.69, 9.17) is 4.74 Å². The molecule has 2 aromatic rings. The van der Waals surface area contributed by atoms with Crippen molar-refractivity contribution in [2.45, 2.75) is 6.61 Å². The predicted octanol–water partition coefficient (Wildman–Crippen LogP) is 1.38. The Bertz CT molecular complexity index is 344. The van der Waals surface area contributed by atoms with E-state index in [1.165, 1.54) is 0 Å². The number of pyridine rings is 1. The van der Waals surface area contributed by atoms with Crippen molar-refractivity contribution >= 4 is 0 Å². The van der Waals surface area contributed by atoms with Crippen LogP contribution in [0.1, 0.15) is 5.56 Å². The van der Waals surface area contributed by atoms with Gasteiger partial charge in [-0.05, 0) is 6.07 Å². The van der Waals surface area contributed by atoms with Gasteiger partial charge in [-0.15, -0.1) is 0 Å². The fourth-order valence-corrected chi connectivity index (χ4v) is 0.965. The van der Waals surface area contributed by atoms with Crippen LogP contribution in [0.15, 0.2) is 36.9 Å². The van der Waals surface area contributed by atoms with E-state index in [0.717, 1.165) is 5.56 Å². The molecule has 0 amide bonds. The molecule has 1 N–H and O–H groups in total. The second-order valence-electron chi connectivity index (χ2n) is 2.54. The van der Waals surface area contributed by atoms with Gasteiger partial charge in [-0.25, -0.2) is 4.98 Å². The van der Waals surface area contributed by atoms with Crippen molar-refractivity contribution < 1.29 is 4.74 Å². The van der Waals surface area contributed by atoms with Gasteiger partial charge in [0.2, 0.25) is 0 Å². The number of nitrogens with zero attached hydrogens (tertiary/aromatic N) is 2. The summed E-state index contributed by atoms with van der Waals surface area (Å²) in [5.74, 6) is 0. The maximum Gasteiger partial charge on any atom is 0.293 e. The maximum absolute atomic E-state index is 5.33. The molecule has 0 saturated heterocycles. The van der Waals surface area contributed by atoms with Gasteiger partial charge >= 0.3 is 0 Å². The number of H-pyrrole nitrogens is 1. The van der Waals surface area contributed by atoms with E-state index in [2.05, 4.69) is 15.0 Å². The zero-order valence-electron chi connectivity index (χ0n) is 6.97. The zero-order valence-corrected chi connectivity index (χ0v) is 6.97. The first kappa shape index (κ1) is 7.79. The lowest BCUT2D eigenvalue weighted by molar-refractivity contribution is 0.283. The molecule has 0 aliphatic heterocycles. The van der Waals surface area contributed by atoms with E-state index in [0.29, 0.717) is 12.6 Å². The molecule has 0 fully saturated rings. The summed E-state index contributed by atoms with van der Waals surface area (Å²) < 4.78 is 5.33. The Morgan fingerprint density at radius 3 is 3.08 bits per heavy atom. The molecule has 0 aliphatic rings. The first-order valence-corrected chi connectivity index (χ1v) is 3.96. The average Bonchev–Trinajstić information content (AvgIpc) is 2.69. The highest BCUT2D eigenvalue weighted by atomic mass is 16.5. The Balaban J connectivity index is 1.94. The van der Waals surface area contributed by atoms with Crippen LogP contribution in [0.2, 0.25) is 0 Å². The molecule has 0 aromatic carbocycles. The van der Waals surface area contributed by atoms with E-state index in [1.54, 1.807) is 24.8 Å². The van der Waals surface area contributed by atoms with E-state index in [1.807, 2.05) is 12.1 Å². The molecule has 0 aliphatic carbocycles. The van der Waals surface area contributed by atoms with Gasteiger partial charge in [0.25, 0.3) is 6.01 Å². The number of rotatable bonds is 3. The topological polar surface area (TPSA) is 50.8 Å². The molecule has 2 heterocycles. The normalized spacial score (nSPS) is 9.85. The largest absolute Gasteiger partial charge is 0.460 e. The molecule has 2 rings (SSSR count). The summed E-state index contributed by atoms with van der Waals surface area (Å²) in [7, 11) is 0. The van der Waals surface area contributed by atoms with Gasteiger partial charge in [-0.1, -0.05) is 6.07 Å². The van der Waals surface area contributed by atoms with Gasteiger partial charge in [0.1, 0.15) is 6.61 Å². The third kappa shape index (κ3) is 2.05. The maximum atomic E-state index is 5.33. The third-order valence-electron chi connectivity index (χ3n) is 1.57. The van der Waals surface area contributed by atoms with Crippen LogP contribution in [0.5, 0.6) is 6.01 Å². The predicted molar refractivity (Wildman–Crippen MR) is 47.2 cm³/mol. The molecule has 0 spiro atoms. The summed E-state index contributed by atoms with van der Waals surface area (Å²) in [4.78, 5) is 10.8. The molecule has 66 valence electrons. The van der Waals surface area contributed by atoms with Gasteiger partial charge in [-0.3, -0.25) is 4.98 Å². The SMILES string of the molecule is c1cncc(COc2ncc[nH]2)c1. The lowest BCUT2D eigenvalue weighted by Gasteiger charge is -2.00. The highest BCUT2D eigenvalue weighted by Crippen LogP contribution is 2.03. The quantitative estimate of drug-likeness (QED) is 0.766. The average molecular weight is 175 g/mol. The van der Waals surface area contributed by atoms with Gasteiger partial charge in [0.15, 0.2) is 0 Å². The Kier molecular flexibility index (Phi) is 2.22. The molecule has 2 aromatic heterocycles. The molecule has 0 radical (unpaired) electrons. The fourth-order valence-electron chi connectivity index (χ4n) is 0.965. The molecule has 0 atom stereocenters. The Morgan fingerprint density at radius 1 is 1.38 bits per heavy atom. The monoisotopic (exact) mass is 175 g/mol. The lowest BCUT2D eigenvalue weighted by atomic mass is 10.3. The molecule has 13 heavy (non-hydrogen) atoms. The summed E-state index contributed by atoms with van der Waals surface area (Å²) in [6.07, 6.45) is 6.87. The van der Waals surface area contributed by atoms with E-state index in [9.17, 15) is 0 Å². The molecule has 0 bridgehead atoms. The number of nitrogens with one attached hydrogen (secondary N) is 1. The molecule has 4 heteroatoms. The fraction of sp³-hybridized carbons (Fsp3) is 0.111. The van der Waals surface area contributed by atoms with Gasteiger partial charge in [0.05, 0.1) is 0 Å². The van der Waals surface area contributed by atoms with Crippen LogP contribution in [0, 0.1) is 0 Å². The molecule has 0 saturated carbocycles. The van der Waals surface area contributed by atoms with Crippen molar-refractivity contribution in [1.29, 1.82) is 0 Å². The van der Waals surface area contributed by atoms with Gasteiger partial charge in [-0.2, -0.15) is 0 Å². The second-order valence-corrected chi connectivity index (χ2v) is 2.54. The second kappa shape index (κ2) is 3.71. The summed E-state index contributed by atoms with van der Waals surface area (Å²) in [6, 6.07) is 4.36. The first-order valence-electron chi connectivity index (χ1n) is 3.96. The van der Waals surface area contributed by atoms with Crippen molar-refractivity contribution in [1.82, 2.24) is 15.0 Å². The first-order chi connectivity index (χ1) is 6.45. The van der Waals surface area contributed by atoms with E-state index >= 15 is 0 Å². The summed E-state index contributed by atoms with van der Waals surface area (Å²) in [5.41, 5.74) is 1.03. The van der Waals surface area contributed by atoms with Crippen LogP contribution < -0.4 is 4.74 Å². The van der Waals surface area contributed by atoms with Crippen molar-refractivity contribution in [3.05, 3.63) is 42.5 Å². The lowest BCUT2D eigenvalue weighted by Crippen LogP contribution is -1.96. The van der Waals surface area contributed by atoms with Gasteiger partial charge in [0, 0.05) is 30.4 Å². The van der Waals surface area contributed by atoms with Crippen LogP contribution >= 0.6 is 0 Å². The van der Waals surface area contributed by atoms with Crippen molar-refractivity contribution in [2.75, 3.05) is 0 Å². The van der Waals surface area contributed by atoms with Crippen LogP contribution in [0.4, 0.5) is 0 Å². The summed E-state index contributed by atoms with van der Waals surface area (Å²) >= 11 is 0. The molecule has 0 unspecified atom stereocenters. The van der Waals surface area contributed by atoms with Crippen LogP contribution in [-0.2, 0) is 6.61 Å². The van der Waals surface area contributed by atoms with E-state index < -0.39 is 0 Å². The molecule has 4 nitrogen and oxygen atoms in total. The summed E-state index contributed by atoms with van der Waals surface area (Å²) in [5, 5.41) is 0. The van der Waals surface area contributed by atoms with Crippen LogP contribution in [-0.4, -0.2) is 15.0 Å². The van der Waals surface area contributed by atoms with Crippen LogP contribution in [0.25, 0.3) is 0 Å². The van der Waals surface area contributed by atoms with Gasteiger partial charge < -0.3 is 9.72 Å². The van der Waals surface area contributed by atoms with E-state index in [-0.39, 0.29) is 0 Å². The summed E-state index contributed by atoms with van der Waals surface area (Å²) in [6.45, 7) is 0.487. The number of imidazole rings is 1. The highest BCUT2D eigenvalue weighted by Gasteiger charge is 1.95. The Morgan fingerprint density at radius 2 is 2.38 bits per heavy atom. The Hall–Kier alpha value is -1.84. The van der Waals surface area contributed by atoms with Crippen molar-refractivity contribution in [2.24, 2.45) is 0 Å². The van der Waals surface area contributed by atoms with Crippen LogP contribution in [0.3, 0.4) is 0 Å². The zero-order chi connectivity index (χ0) is 8.93.